The number of alkyl halides is 3. The first kappa shape index (κ1) is 24.7. The summed E-state index contributed by atoms with van der Waals surface area (Å²) in [5.74, 6) is -5.56. The predicted octanol–water partition coefficient (Wildman–Crippen LogP) is 2.16. The van der Waals surface area contributed by atoms with Crippen LogP contribution in [0.2, 0.25) is 0 Å². The molecule has 2 saturated heterocycles. The van der Waals surface area contributed by atoms with Crippen LogP contribution in [-0.4, -0.2) is 72.3 Å². The molecule has 4 amide bonds. The second-order valence-corrected chi connectivity index (χ2v) is 10.9. The van der Waals surface area contributed by atoms with Gasteiger partial charge in [0.1, 0.15) is 12.4 Å². The molecule has 2 N–H and O–H groups in total. The number of hydrogen-bond donors (Lipinski definition) is 2. The summed E-state index contributed by atoms with van der Waals surface area (Å²) in [7, 11) is 0. The Morgan fingerprint density at radius 2 is 1.74 bits per heavy atom. The summed E-state index contributed by atoms with van der Waals surface area (Å²) in [6.45, 7) is -0.0566. The van der Waals surface area contributed by atoms with E-state index in [1.54, 1.807) is 30.3 Å². The molecule has 2 heterocycles. The van der Waals surface area contributed by atoms with Crippen molar-refractivity contribution in [2.24, 2.45) is 17.8 Å². The van der Waals surface area contributed by atoms with Gasteiger partial charge < -0.3 is 9.84 Å². The number of aliphatic hydroxyl groups is 1. The van der Waals surface area contributed by atoms with E-state index in [0.717, 1.165) is 4.90 Å². The largest absolute Gasteiger partial charge is 0.491 e. The first-order chi connectivity index (χ1) is 16.6. The second-order valence-electron chi connectivity index (χ2n) is 9.12. The fourth-order valence-corrected chi connectivity index (χ4v) is 7.46. The molecule has 2 aliphatic heterocycles. The smallest absolute Gasteiger partial charge is 0.257 e. The van der Waals surface area contributed by atoms with Gasteiger partial charge in [-0.25, -0.2) is 0 Å². The summed E-state index contributed by atoms with van der Waals surface area (Å²) < 4.78 is 5.43. The average molecular weight is 588 g/mol. The van der Waals surface area contributed by atoms with Crippen LogP contribution in [0, 0.1) is 17.8 Å². The standard InChI is InChI=1S/C23H21BrCl2N2O7/c24-10-27-20(32)22(25)9-15-13(5-6-14-16(15)19(31)28(34)18(14)30)17(23(22,26)21(27)33)11-1-3-12(4-2-11)35-8-7-29/h1-5,14-17,29,34H,6-10H2/t14-,15+,16-,17-,22+,23-/m0/s1. The second kappa shape index (κ2) is 8.55. The number of allylic oxidation sites excluding steroid dienone is 2. The fraction of sp³-hybridized carbons (Fsp3) is 0.478. The minimum atomic E-state index is -1.88. The molecule has 5 rings (SSSR count). The van der Waals surface area contributed by atoms with Gasteiger partial charge in [-0.1, -0.05) is 39.7 Å². The molecule has 1 aromatic carbocycles. The highest BCUT2D eigenvalue weighted by atomic mass is 79.9. The van der Waals surface area contributed by atoms with Gasteiger partial charge in [-0.15, -0.1) is 23.2 Å². The minimum Gasteiger partial charge on any atom is -0.491 e. The van der Waals surface area contributed by atoms with Gasteiger partial charge in [0.05, 0.1) is 23.9 Å². The number of rotatable bonds is 5. The number of carbonyl (C=O) groups excluding carboxylic acids is 4. The zero-order valence-corrected chi connectivity index (χ0v) is 21.3. The number of aliphatic hydroxyl groups excluding tert-OH is 1. The third-order valence-electron chi connectivity index (χ3n) is 7.56. The molecule has 12 heteroatoms. The molecule has 6 atom stereocenters. The van der Waals surface area contributed by atoms with Crippen LogP contribution in [0.4, 0.5) is 0 Å². The Morgan fingerprint density at radius 3 is 2.37 bits per heavy atom. The summed E-state index contributed by atoms with van der Waals surface area (Å²) in [6, 6.07) is 6.70. The lowest BCUT2D eigenvalue weighted by molar-refractivity contribution is -0.173. The number of halogens is 3. The number of likely N-dealkylation sites (tertiary alicyclic amines) is 1. The van der Waals surface area contributed by atoms with Gasteiger partial charge in [-0.05, 0) is 36.5 Å². The van der Waals surface area contributed by atoms with Crippen molar-refractivity contribution in [3.05, 3.63) is 41.5 Å². The Bertz CT molecular complexity index is 1160. The molecule has 35 heavy (non-hydrogen) atoms. The van der Waals surface area contributed by atoms with E-state index in [1.807, 2.05) is 0 Å². The first-order valence-corrected chi connectivity index (χ1v) is 12.9. The van der Waals surface area contributed by atoms with Crippen LogP contribution in [0.3, 0.4) is 0 Å². The van der Waals surface area contributed by atoms with Crippen molar-refractivity contribution in [2.45, 2.75) is 28.5 Å². The van der Waals surface area contributed by atoms with Crippen molar-refractivity contribution in [2.75, 3.05) is 18.7 Å². The van der Waals surface area contributed by atoms with E-state index >= 15 is 0 Å². The molecule has 4 aliphatic rings. The number of nitrogens with zero attached hydrogens (tertiary/aromatic N) is 2. The number of imide groups is 2. The van der Waals surface area contributed by atoms with Crippen LogP contribution in [0.25, 0.3) is 0 Å². The molecule has 3 fully saturated rings. The predicted molar refractivity (Wildman–Crippen MR) is 126 cm³/mol. The Kier molecular flexibility index (Phi) is 6.04. The van der Waals surface area contributed by atoms with E-state index in [0.29, 0.717) is 16.9 Å². The van der Waals surface area contributed by atoms with Crippen molar-refractivity contribution in [3.8, 4) is 5.75 Å². The van der Waals surface area contributed by atoms with Crippen LogP contribution in [0.1, 0.15) is 24.3 Å². The van der Waals surface area contributed by atoms with E-state index < -0.39 is 57.0 Å². The maximum Gasteiger partial charge on any atom is 0.257 e. The fourth-order valence-electron chi connectivity index (χ4n) is 6.03. The maximum absolute atomic E-state index is 13.6. The van der Waals surface area contributed by atoms with Crippen LogP contribution in [-0.2, 0) is 19.2 Å². The summed E-state index contributed by atoms with van der Waals surface area (Å²) in [6.07, 6.45) is 1.82. The van der Waals surface area contributed by atoms with Crippen molar-refractivity contribution >= 4 is 62.8 Å². The van der Waals surface area contributed by atoms with Gasteiger partial charge in [0, 0.05) is 5.92 Å². The first-order valence-electron chi connectivity index (χ1n) is 11.0. The highest BCUT2D eigenvalue weighted by molar-refractivity contribution is 9.09. The molecular weight excluding hydrogens is 567 g/mol. The summed E-state index contributed by atoms with van der Waals surface area (Å²) in [5, 5.41) is 19.2. The summed E-state index contributed by atoms with van der Waals surface area (Å²) >= 11 is 17.3. The minimum absolute atomic E-state index is 0.101. The number of benzene rings is 1. The normalized spacial score (nSPS) is 36.2. The van der Waals surface area contributed by atoms with E-state index in [2.05, 4.69) is 15.9 Å². The van der Waals surface area contributed by atoms with Crippen LogP contribution in [0.5, 0.6) is 5.75 Å². The van der Waals surface area contributed by atoms with E-state index in [-0.39, 0.29) is 36.6 Å². The third kappa shape index (κ3) is 3.20. The topological polar surface area (TPSA) is 124 Å². The van der Waals surface area contributed by atoms with Crippen molar-refractivity contribution in [3.63, 3.8) is 0 Å². The zero-order chi connectivity index (χ0) is 25.3. The van der Waals surface area contributed by atoms with Crippen molar-refractivity contribution in [1.29, 1.82) is 0 Å². The van der Waals surface area contributed by atoms with Crippen LogP contribution in [0.15, 0.2) is 35.9 Å². The molecular formula is C23H21BrCl2N2O7. The molecule has 0 radical (unpaired) electrons. The summed E-state index contributed by atoms with van der Waals surface area (Å²) in [5.41, 5.74) is 1.10. The van der Waals surface area contributed by atoms with Gasteiger partial charge in [0.25, 0.3) is 23.6 Å². The Hall–Kier alpha value is -1.98. The van der Waals surface area contributed by atoms with E-state index in [9.17, 15) is 24.4 Å². The Balaban J connectivity index is 1.67. The number of fused-ring (bicyclic) bond motifs is 4. The SMILES string of the molecule is O=C1[C@H]2[C@H](CC=C3[C@H]2C[C@@]2(Cl)C(=O)N(CBr)C(=O)[C@@]2(Cl)[C@H]3c2ccc(OCCO)cc2)C(=O)N1O. The monoisotopic (exact) mass is 586 g/mol. The van der Waals surface area contributed by atoms with Crippen molar-refractivity contribution < 1.29 is 34.2 Å². The van der Waals surface area contributed by atoms with Gasteiger partial charge in [0.15, 0.2) is 9.75 Å². The van der Waals surface area contributed by atoms with Gasteiger partial charge in [-0.2, -0.15) is 5.06 Å². The lowest BCUT2D eigenvalue weighted by Gasteiger charge is -2.50. The van der Waals surface area contributed by atoms with E-state index in [1.165, 1.54) is 0 Å². The lowest BCUT2D eigenvalue weighted by atomic mass is 9.56. The number of carbonyl (C=O) groups is 4. The highest BCUT2D eigenvalue weighted by Crippen LogP contribution is 2.65. The molecule has 0 unspecified atom stereocenters. The molecule has 0 spiro atoms. The molecule has 0 aromatic heterocycles. The molecule has 186 valence electrons. The molecule has 9 nitrogen and oxygen atoms in total. The number of hydroxylamine groups is 2. The van der Waals surface area contributed by atoms with E-state index in [4.69, 9.17) is 33.0 Å². The van der Waals surface area contributed by atoms with Gasteiger partial charge in [-0.3, -0.25) is 29.3 Å². The highest BCUT2D eigenvalue weighted by Gasteiger charge is 2.76. The van der Waals surface area contributed by atoms with Crippen LogP contribution >= 0.6 is 39.1 Å². The third-order valence-corrected chi connectivity index (χ3v) is 9.48. The quantitative estimate of drug-likeness (QED) is 0.178. The lowest BCUT2D eigenvalue weighted by Crippen LogP contribution is -2.60. The average Bonchev–Trinajstić information content (AvgIpc) is 3.16. The molecule has 1 aromatic rings. The Labute approximate surface area is 218 Å². The molecule has 2 aliphatic carbocycles. The maximum atomic E-state index is 13.6. The van der Waals surface area contributed by atoms with Crippen molar-refractivity contribution in [1.82, 2.24) is 9.96 Å². The van der Waals surface area contributed by atoms with Gasteiger partial charge in [0.2, 0.25) is 0 Å². The zero-order valence-electron chi connectivity index (χ0n) is 18.2. The van der Waals surface area contributed by atoms with Crippen LogP contribution < -0.4 is 4.74 Å². The number of hydrogen-bond acceptors (Lipinski definition) is 7. The number of amides is 4. The molecule has 1 saturated carbocycles. The molecule has 0 bridgehead atoms. The Morgan fingerprint density at radius 1 is 1.06 bits per heavy atom. The van der Waals surface area contributed by atoms with Gasteiger partial charge >= 0.3 is 0 Å². The summed E-state index contributed by atoms with van der Waals surface area (Å²) in [4.78, 5) is 49.6. The number of ether oxygens (including phenoxy) is 1.